The maximum atomic E-state index is 11.8. The minimum atomic E-state index is -0.215. The molecule has 1 aromatic rings. The van der Waals surface area contributed by atoms with Crippen LogP contribution in [0.25, 0.3) is 0 Å². The van der Waals surface area contributed by atoms with Gasteiger partial charge in [-0.2, -0.15) is 0 Å². The van der Waals surface area contributed by atoms with E-state index in [0.29, 0.717) is 17.9 Å². The van der Waals surface area contributed by atoms with Gasteiger partial charge in [0.25, 0.3) is 18.3 Å². The van der Waals surface area contributed by atoms with Crippen molar-refractivity contribution in [2.45, 2.75) is 19.8 Å². The van der Waals surface area contributed by atoms with Gasteiger partial charge >= 0.3 is 0 Å². The summed E-state index contributed by atoms with van der Waals surface area (Å²) >= 11 is -0.215. The molecule has 0 bridgehead atoms. The zero-order valence-electron chi connectivity index (χ0n) is 9.03. The van der Waals surface area contributed by atoms with Gasteiger partial charge in [0.15, 0.2) is 0 Å². The number of nitrogens with one attached hydrogen (secondary N) is 1. The van der Waals surface area contributed by atoms with Gasteiger partial charge in [-0.25, -0.2) is 0 Å². The van der Waals surface area contributed by atoms with Crippen LogP contribution in [0.1, 0.15) is 30.1 Å². The van der Waals surface area contributed by atoms with E-state index in [1.54, 1.807) is 24.3 Å². The number of rotatable bonds is 6. The van der Waals surface area contributed by atoms with Crippen molar-refractivity contribution in [1.29, 1.82) is 0 Å². The Hall–Kier alpha value is -1.23. The lowest BCUT2D eigenvalue weighted by molar-refractivity contribution is 0.0953. The van der Waals surface area contributed by atoms with E-state index in [1.165, 1.54) is 0 Å². The molecule has 0 spiro atoms. The molecular formula is C11H14FNO2S. The number of halogens is 1. The maximum Gasteiger partial charge on any atom is 0.272 e. The predicted molar refractivity (Wildman–Crippen MR) is 63.0 cm³/mol. The molecule has 0 atom stereocenters. The lowest BCUT2D eigenvalue weighted by atomic mass is 10.2. The molecule has 0 saturated heterocycles. The lowest BCUT2D eigenvalue weighted by Crippen LogP contribution is -2.24. The van der Waals surface area contributed by atoms with Crippen LogP contribution in [0.3, 0.4) is 0 Å². The summed E-state index contributed by atoms with van der Waals surface area (Å²) < 4.78 is 16.3. The van der Waals surface area contributed by atoms with Gasteiger partial charge < -0.3 is 9.50 Å². The lowest BCUT2D eigenvalue weighted by Gasteiger charge is -2.04. The number of carbonyl (C=O) groups is 1. The van der Waals surface area contributed by atoms with Gasteiger partial charge in [-0.3, -0.25) is 4.79 Å². The number of amides is 1. The Labute approximate surface area is 98.9 Å². The number of carbonyl (C=O) groups excluding carboxylic acids is 1. The van der Waals surface area contributed by atoms with Crippen molar-refractivity contribution < 1.29 is 12.9 Å². The molecule has 1 aromatic carbocycles. The summed E-state index contributed by atoms with van der Waals surface area (Å²) in [5, 5.41) is 2.79. The summed E-state index contributed by atoms with van der Waals surface area (Å²) in [7, 11) is 0. The Kier molecular flexibility index (Phi) is 5.71. The predicted octanol–water partition coefficient (Wildman–Crippen LogP) is 3.13. The van der Waals surface area contributed by atoms with Gasteiger partial charge in [-0.05, 0) is 30.7 Å². The maximum absolute atomic E-state index is 11.8. The van der Waals surface area contributed by atoms with Crippen molar-refractivity contribution >= 4 is 18.3 Å². The third-order valence-corrected chi connectivity index (χ3v) is 2.32. The fourth-order valence-electron chi connectivity index (χ4n) is 1.18. The highest BCUT2D eigenvalue weighted by Gasteiger charge is 2.04. The quantitative estimate of drug-likeness (QED) is 0.616. The molecule has 16 heavy (non-hydrogen) atoms. The van der Waals surface area contributed by atoms with Crippen LogP contribution >= 0.6 is 12.4 Å². The molecule has 0 aromatic heterocycles. The van der Waals surface area contributed by atoms with Crippen molar-refractivity contribution in [2.75, 3.05) is 6.54 Å². The van der Waals surface area contributed by atoms with Crippen LogP contribution in [0, 0.1) is 0 Å². The number of unbranched alkanes of at least 4 members (excludes halogenated alkanes) is 1. The van der Waals surface area contributed by atoms with Crippen molar-refractivity contribution in [3.8, 4) is 5.75 Å². The van der Waals surface area contributed by atoms with Gasteiger partial charge in [0.1, 0.15) is 5.75 Å². The molecule has 5 heteroatoms. The summed E-state index contributed by atoms with van der Waals surface area (Å²) in [6.07, 6.45) is 2.01. The SMILES string of the molecule is CCCCNC(=O)c1ccc(OSF)cc1. The molecule has 1 rings (SSSR count). The third kappa shape index (κ3) is 4.10. The fourth-order valence-corrected chi connectivity index (χ4v) is 1.36. The minimum absolute atomic E-state index is 0.118. The smallest absolute Gasteiger partial charge is 0.272 e. The topological polar surface area (TPSA) is 38.3 Å². The third-order valence-electron chi connectivity index (χ3n) is 2.06. The van der Waals surface area contributed by atoms with E-state index in [0.717, 1.165) is 12.8 Å². The van der Waals surface area contributed by atoms with E-state index in [4.69, 9.17) is 0 Å². The normalized spacial score (nSPS) is 9.88. The summed E-state index contributed by atoms with van der Waals surface area (Å²) in [6, 6.07) is 6.32. The summed E-state index contributed by atoms with van der Waals surface area (Å²) in [5.74, 6) is 0.269. The van der Waals surface area contributed by atoms with Crippen LogP contribution in [-0.4, -0.2) is 12.5 Å². The largest absolute Gasteiger partial charge is 0.397 e. The van der Waals surface area contributed by atoms with Crippen LogP contribution < -0.4 is 9.50 Å². The van der Waals surface area contributed by atoms with E-state index in [1.807, 2.05) is 0 Å². The number of hydrogen-bond donors (Lipinski definition) is 1. The van der Waals surface area contributed by atoms with E-state index in [2.05, 4.69) is 16.4 Å². The van der Waals surface area contributed by atoms with Crippen molar-refractivity contribution in [3.63, 3.8) is 0 Å². The standard InChI is InChI=1S/C11H14FNO2S/c1-2-3-8-13-11(14)9-4-6-10(7-5-9)15-16-12/h4-7H,2-3,8H2,1H3,(H,13,14). The second-order valence-corrected chi connectivity index (χ2v) is 3.57. The Balaban J connectivity index is 2.49. The zero-order chi connectivity index (χ0) is 11.8. The summed E-state index contributed by atoms with van der Waals surface area (Å²) in [4.78, 5) is 11.6. The van der Waals surface area contributed by atoms with Gasteiger partial charge in [-0.15, -0.1) is 3.89 Å². The summed E-state index contributed by atoms with van der Waals surface area (Å²) in [6.45, 7) is 2.74. The summed E-state index contributed by atoms with van der Waals surface area (Å²) in [5.41, 5.74) is 0.548. The first-order valence-corrected chi connectivity index (χ1v) is 5.75. The highest BCUT2D eigenvalue weighted by Crippen LogP contribution is 2.17. The van der Waals surface area contributed by atoms with E-state index in [-0.39, 0.29) is 18.3 Å². The molecule has 0 heterocycles. The zero-order valence-corrected chi connectivity index (χ0v) is 9.85. The van der Waals surface area contributed by atoms with Crippen molar-refractivity contribution in [1.82, 2.24) is 5.32 Å². The molecule has 0 saturated carbocycles. The van der Waals surface area contributed by atoms with E-state index in [9.17, 15) is 8.68 Å². The molecule has 88 valence electrons. The second-order valence-electron chi connectivity index (χ2n) is 3.28. The highest BCUT2D eigenvalue weighted by molar-refractivity contribution is 7.89. The Bertz CT molecular complexity index is 329. The van der Waals surface area contributed by atoms with Crippen LogP contribution in [-0.2, 0) is 0 Å². The Morgan fingerprint density at radius 2 is 2.12 bits per heavy atom. The average molecular weight is 243 g/mol. The molecular weight excluding hydrogens is 229 g/mol. The van der Waals surface area contributed by atoms with Crippen LogP contribution in [0.4, 0.5) is 3.89 Å². The van der Waals surface area contributed by atoms with E-state index < -0.39 is 0 Å². The van der Waals surface area contributed by atoms with Gasteiger partial charge in [0.2, 0.25) is 0 Å². The van der Waals surface area contributed by atoms with Gasteiger partial charge in [0, 0.05) is 12.1 Å². The molecule has 0 aliphatic carbocycles. The van der Waals surface area contributed by atoms with Crippen molar-refractivity contribution in [2.24, 2.45) is 0 Å². The van der Waals surface area contributed by atoms with Gasteiger partial charge in [0.05, 0.1) is 0 Å². The first kappa shape index (κ1) is 12.8. The monoisotopic (exact) mass is 243 g/mol. The number of hydrogen-bond acceptors (Lipinski definition) is 3. The number of benzene rings is 1. The molecule has 0 aliphatic heterocycles. The highest BCUT2D eigenvalue weighted by atomic mass is 32.2. The first-order chi connectivity index (χ1) is 7.77. The molecule has 0 radical (unpaired) electrons. The van der Waals surface area contributed by atoms with E-state index >= 15 is 0 Å². The Morgan fingerprint density at radius 1 is 1.44 bits per heavy atom. The molecule has 0 unspecified atom stereocenters. The Morgan fingerprint density at radius 3 is 2.69 bits per heavy atom. The second kappa shape index (κ2) is 7.11. The molecule has 1 N–H and O–H groups in total. The van der Waals surface area contributed by atoms with Crippen molar-refractivity contribution in [3.05, 3.63) is 29.8 Å². The first-order valence-electron chi connectivity index (χ1n) is 5.11. The average Bonchev–Trinajstić information content (AvgIpc) is 2.30. The van der Waals surface area contributed by atoms with Crippen LogP contribution in [0.5, 0.6) is 5.75 Å². The fraction of sp³-hybridized carbons (Fsp3) is 0.364. The molecule has 0 fully saturated rings. The minimum Gasteiger partial charge on any atom is -0.397 e. The van der Waals surface area contributed by atoms with Crippen LogP contribution in [0.15, 0.2) is 24.3 Å². The van der Waals surface area contributed by atoms with Gasteiger partial charge in [-0.1, -0.05) is 13.3 Å². The molecule has 0 aliphatic rings. The van der Waals surface area contributed by atoms with Crippen LogP contribution in [0.2, 0.25) is 0 Å². The molecule has 1 amide bonds. The molecule has 3 nitrogen and oxygen atoms in total.